The molecule has 1 rings (SSSR count). The average Bonchev–Trinajstić information content (AvgIpc) is 2.75. The van der Waals surface area contributed by atoms with Crippen molar-refractivity contribution in [1.29, 1.82) is 0 Å². The number of hydrogen-bond acceptors (Lipinski definition) is 8. The van der Waals surface area contributed by atoms with E-state index < -0.39 is 42.0 Å². The molecule has 0 bridgehead atoms. The highest BCUT2D eigenvalue weighted by atomic mass is 16.5. The summed E-state index contributed by atoms with van der Waals surface area (Å²) in [5, 5.41) is 14.7. The predicted octanol–water partition coefficient (Wildman–Crippen LogP) is 0.521. The van der Waals surface area contributed by atoms with Crippen molar-refractivity contribution >= 4 is 23.9 Å². The summed E-state index contributed by atoms with van der Waals surface area (Å²) in [4.78, 5) is 47.2. The largest absolute Gasteiger partial charge is 0.469 e. The van der Waals surface area contributed by atoms with Gasteiger partial charge in [-0.05, 0) is 12.0 Å². The van der Waals surface area contributed by atoms with Crippen molar-refractivity contribution in [3.8, 4) is 0 Å². The Morgan fingerprint density at radius 1 is 1.03 bits per heavy atom. The van der Waals surface area contributed by atoms with Crippen molar-refractivity contribution in [3.63, 3.8) is 0 Å². The van der Waals surface area contributed by atoms with Crippen LogP contribution < -0.4 is 10.6 Å². The Hall–Kier alpha value is -3.14. The zero-order valence-corrected chi connectivity index (χ0v) is 17.3. The van der Waals surface area contributed by atoms with Gasteiger partial charge in [0.2, 0.25) is 5.91 Å². The van der Waals surface area contributed by atoms with E-state index in [-0.39, 0.29) is 26.0 Å². The molecule has 0 spiro atoms. The van der Waals surface area contributed by atoms with Gasteiger partial charge >= 0.3 is 18.0 Å². The Morgan fingerprint density at radius 2 is 1.67 bits per heavy atom. The minimum absolute atomic E-state index is 0.0226. The molecule has 0 saturated carbocycles. The summed E-state index contributed by atoms with van der Waals surface area (Å²) in [7, 11) is 2.38. The maximum atomic E-state index is 12.1. The maximum absolute atomic E-state index is 12.1. The van der Waals surface area contributed by atoms with E-state index in [1.165, 1.54) is 7.11 Å². The van der Waals surface area contributed by atoms with Crippen molar-refractivity contribution < 1.29 is 38.5 Å². The molecule has 1 aromatic carbocycles. The van der Waals surface area contributed by atoms with Crippen molar-refractivity contribution in [2.24, 2.45) is 5.92 Å². The first-order chi connectivity index (χ1) is 14.3. The molecule has 0 unspecified atom stereocenters. The number of aliphatic hydroxyl groups excluding tert-OH is 1. The van der Waals surface area contributed by atoms with Crippen molar-refractivity contribution in [1.82, 2.24) is 10.6 Å². The number of nitrogens with one attached hydrogen (secondary N) is 2. The topological polar surface area (TPSA) is 140 Å². The van der Waals surface area contributed by atoms with E-state index in [4.69, 9.17) is 4.74 Å². The molecule has 30 heavy (non-hydrogen) atoms. The number of alkyl carbamates (subject to hydrolysis) is 1. The standard InChI is InChI=1S/C20H28N2O8/c1-13(18(25)28-2)9-16(19(26)29-3)22-17(24)10-15(23)11-21-20(27)30-12-14-7-5-4-6-8-14/h4-8,13,15-16,23H,9-12H2,1-3H3,(H,21,27)(H,22,24)/t13-,15+,16-/m0/s1. The minimum Gasteiger partial charge on any atom is -0.469 e. The zero-order valence-electron chi connectivity index (χ0n) is 17.3. The molecule has 10 nitrogen and oxygen atoms in total. The second kappa shape index (κ2) is 13.2. The first-order valence-electron chi connectivity index (χ1n) is 9.34. The van der Waals surface area contributed by atoms with Crippen LogP contribution in [0.4, 0.5) is 4.79 Å². The highest BCUT2D eigenvalue weighted by Crippen LogP contribution is 2.10. The van der Waals surface area contributed by atoms with Crippen LogP contribution in [-0.2, 0) is 35.2 Å². The second-order valence-corrected chi connectivity index (χ2v) is 6.60. The molecule has 0 aliphatic carbocycles. The molecule has 0 saturated heterocycles. The van der Waals surface area contributed by atoms with Gasteiger partial charge in [0, 0.05) is 6.54 Å². The summed E-state index contributed by atoms with van der Waals surface area (Å²) in [5.74, 6) is -2.55. The number of aliphatic hydroxyl groups is 1. The molecule has 0 aromatic heterocycles. The smallest absolute Gasteiger partial charge is 0.407 e. The van der Waals surface area contributed by atoms with E-state index in [9.17, 15) is 24.3 Å². The molecular weight excluding hydrogens is 396 g/mol. The SMILES string of the molecule is COC(=O)[C@H](C[C@H](C)C(=O)OC)NC(=O)C[C@@H](O)CNC(=O)OCc1ccccc1. The van der Waals surface area contributed by atoms with E-state index in [1.54, 1.807) is 19.1 Å². The third-order valence-electron chi connectivity index (χ3n) is 4.13. The van der Waals surface area contributed by atoms with Crippen LogP contribution in [0, 0.1) is 5.92 Å². The summed E-state index contributed by atoms with van der Waals surface area (Å²) >= 11 is 0. The van der Waals surface area contributed by atoms with Gasteiger partial charge in [0.1, 0.15) is 12.6 Å². The van der Waals surface area contributed by atoms with E-state index in [2.05, 4.69) is 20.1 Å². The van der Waals surface area contributed by atoms with Crippen molar-refractivity contribution in [3.05, 3.63) is 35.9 Å². The Morgan fingerprint density at radius 3 is 2.27 bits per heavy atom. The molecule has 1 aromatic rings. The van der Waals surface area contributed by atoms with Gasteiger partial charge in [0.15, 0.2) is 0 Å². The fourth-order valence-corrected chi connectivity index (χ4v) is 2.52. The van der Waals surface area contributed by atoms with E-state index in [1.807, 2.05) is 18.2 Å². The summed E-state index contributed by atoms with van der Waals surface area (Å²) in [5.41, 5.74) is 0.808. The molecule has 166 valence electrons. The number of methoxy groups -OCH3 is 2. The molecule has 2 amide bonds. The zero-order chi connectivity index (χ0) is 22.5. The molecule has 0 heterocycles. The lowest BCUT2D eigenvalue weighted by Crippen LogP contribution is -2.45. The number of esters is 2. The lowest BCUT2D eigenvalue weighted by molar-refractivity contribution is -0.149. The van der Waals surface area contributed by atoms with Gasteiger partial charge < -0.3 is 30.0 Å². The van der Waals surface area contributed by atoms with Crippen LogP contribution in [0.25, 0.3) is 0 Å². The number of rotatable bonds is 11. The van der Waals surface area contributed by atoms with Crippen molar-refractivity contribution in [2.45, 2.75) is 38.5 Å². The van der Waals surface area contributed by atoms with E-state index in [0.717, 1.165) is 12.7 Å². The molecule has 0 radical (unpaired) electrons. The quantitative estimate of drug-likeness (QED) is 0.345. The number of ether oxygens (including phenoxy) is 3. The lowest BCUT2D eigenvalue weighted by Gasteiger charge is -2.20. The molecule has 3 atom stereocenters. The third kappa shape index (κ3) is 9.37. The summed E-state index contributed by atoms with van der Waals surface area (Å²) in [6.45, 7) is 1.40. The van der Waals surface area contributed by atoms with Crippen LogP contribution in [0.1, 0.15) is 25.3 Å². The monoisotopic (exact) mass is 424 g/mol. The van der Waals surface area contributed by atoms with Crippen LogP contribution in [-0.4, -0.2) is 62.0 Å². The average molecular weight is 424 g/mol. The van der Waals surface area contributed by atoms with Gasteiger partial charge in [-0.2, -0.15) is 0 Å². The van der Waals surface area contributed by atoms with Gasteiger partial charge in [-0.15, -0.1) is 0 Å². The van der Waals surface area contributed by atoms with Crippen LogP contribution in [0.15, 0.2) is 30.3 Å². The fourth-order valence-electron chi connectivity index (χ4n) is 2.52. The maximum Gasteiger partial charge on any atom is 0.407 e. The molecular formula is C20H28N2O8. The van der Waals surface area contributed by atoms with E-state index >= 15 is 0 Å². The fraction of sp³-hybridized carbons (Fsp3) is 0.500. The number of benzene rings is 1. The number of hydrogen-bond donors (Lipinski definition) is 3. The predicted molar refractivity (Wildman–Crippen MR) is 105 cm³/mol. The van der Waals surface area contributed by atoms with Gasteiger partial charge in [-0.1, -0.05) is 37.3 Å². The minimum atomic E-state index is -1.20. The van der Waals surface area contributed by atoms with Gasteiger partial charge in [-0.25, -0.2) is 9.59 Å². The Bertz CT molecular complexity index is 710. The van der Waals surface area contributed by atoms with Gasteiger partial charge in [0.25, 0.3) is 0 Å². The molecule has 0 fully saturated rings. The normalized spacial score (nSPS) is 13.3. The van der Waals surface area contributed by atoms with Crippen LogP contribution in [0.2, 0.25) is 0 Å². The Labute approximate surface area is 174 Å². The highest BCUT2D eigenvalue weighted by Gasteiger charge is 2.27. The molecule has 10 heteroatoms. The van der Waals surface area contributed by atoms with E-state index in [0.29, 0.717) is 0 Å². The molecule has 3 N–H and O–H groups in total. The first kappa shape index (κ1) is 24.9. The van der Waals surface area contributed by atoms with Gasteiger partial charge in [0.05, 0.1) is 32.7 Å². The van der Waals surface area contributed by atoms with Crippen LogP contribution in [0.5, 0.6) is 0 Å². The summed E-state index contributed by atoms with van der Waals surface area (Å²) in [6, 6.07) is 7.98. The Kier molecular flexibility index (Phi) is 10.9. The Balaban J connectivity index is 2.42. The van der Waals surface area contributed by atoms with Crippen LogP contribution in [0.3, 0.4) is 0 Å². The summed E-state index contributed by atoms with van der Waals surface area (Å²) in [6.07, 6.45) is -2.34. The lowest BCUT2D eigenvalue weighted by atomic mass is 10.0. The third-order valence-corrected chi connectivity index (χ3v) is 4.13. The second-order valence-electron chi connectivity index (χ2n) is 6.60. The van der Waals surface area contributed by atoms with Crippen LogP contribution >= 0.6 is 0 Å². The molecule has 0 aliphatic rings. The first-order valence-corrected chi connectivity index (χ1v) is 9.34. The number of amides is 2. The number of carbonyl (C=O) groups is 4. The summed E-state index contributed by atoms with van der Waals surface area (Å²) < 4.78 is 14.2. The highest BCUT2D eigenvalue weighted by molar-refractivity contribution is 5.85. The van der Waals surface area contributed by atoms with Crippen molar-refractivity contribution in [2.75, 3.05) is 20.8 Å². The molecule has 0 aliphatic heterocycles. The number of carbonyl (C=O) groups excluding carboxylic acids is 4. The van der Waals surface area contributed by atoms with Gasteiger partial charge in [-0.3, -0.25) is 9.59 Å².